The molecule has 1 N–H and O–H groups in total. The first-order chi connectivity index (χ1) is 9.79. The standard InChI is InChI=1S/C14H12N4OS/c15-9-12(8-13-10-20-18-17-13)14(19)16-7-6-11-4-2-1-3-5-11/h1-5,8,10H,6-7H2,(H,16,19)/b12-8+. The van der Waals surface area contributed by atoms with Gasteiger partial charge in [0.25, 0.3) is 5.91 Å². The number of carbonyl (C=O) groups is 1. The van der Waals surface area contributed by atoms with Crippen molar-refractivity contribution < 1.29 is 4.79 Å². The van der Waals surface area contributed by atoms with Gasteiger partial charge in [0.15, 0.2) is 0 Å². The second-order valence-electron chi connectivity index (χ2n) is 3.99. The first-order valence-corrected chi connectivity index (χ1v) is 6.84. The molecule has 1 heterocycles. The van der Waals surface area contributed by atoms with Crippen LogP contribution in [0.2, 0.25) is 0 Å². The molecule has 20 heavy (non-hydrogen) atoms. The molecule has 5 nitrogen and oxygen atoms in total. The van der Waals surface area contributed by atoms with E-state index in [2.05, 4.69) is 14.9 Å². The van der Waals surface area contributed by atoms with Gasteiger partial charge >= 0.3 is 0 Å². The minimum absolute atomic E-state index is 0.0331. The number of amides is 1. The zero-order valence-electron chi connectivity index (χ0n) is 10.6. The Morgan fingerprint density at radius 3 is 2.85 bits per heavy atom. The maximum Gasteiger partial charge on any atom is 0.262 e. The molecule has 6 heteroatoms. The van der Waals surface area contributed by atoms with Gasteiger partial charge in [0.1, 0.15) is 11.6 Å². The van der Waals surface area contributed by atoms with Crippen molar-refractivity contribution in [1.82, 2.24) is 14.9 Å². The highest BCUT2D eigenvalue weighted by molar-refractivity contribution is 7.03. The fraction of sp³-hybridized carbons (Fsp3) is 0.143. The number of carbonyl (C=O) groups excluding carboxylic acids is 1. The van der Waals surface area contributed by atoms with Crippen LogP contribution in [0.1, 0.15) is 11.3 Å². The van der Waals surface area contributed by atoms with Crippen LogP contribution in [0.4, 0.5) is 0 Å². The maximum absolute atomic E-state index is 11.8. The van der Waals surface area contributed by atoms with Crippen molar-refractivity contribution in [3.8, 4) is 6.07 Å². The highest BCUT2D eigenvalue weighted by Gasteiger charge is 2.09. The van der Waals surface area contributed by atoms with Crippen LogP contribution >= 0.6 is 11.5 Å². The van der Waals surface area contributed by atoms with Gasteiger partial charge in [-0.25, -0.2) is 0 Å². The summed E-state index contributed by atoms with van der Waals surface area (Å²) in [5.74, 6) is -0.392. The molecule has 0 saturated heterocycles. The molecule has 0 spiro atoms. The molecule has 2 aromatic rings. The Morgan fingerprint density at radius 2 is 2.20 bits per heavy atom. The van der Waals surface area contributed by atoms with E-state index in [0.29, 0.717) is 12.2 Å². The quantitative estimate of drug-likeness (QED) is 0.671. The van der Waals surface area contributed by atoms with Gasteiger partial charge in [0, 0.05) is 11.9 Å². The Balaban J connectivity index is 1.89. The predicted octanol–water partition coefficient (Wildman–Crippen LogP) is 1.80. The van der Waals surface area contributed by atoms with Crippen molar-refractivity contribution in [2.24, 2.45) is 0 Å². The van der Waals surface area contributed by atoms with Crippen molar-refractivity contribution >= 4 is 23.5 Å². The van der Waals surface area contributed by atoms with E-state index in [-0.39, 0.29) is 5.57 Å². The summed E-state index contributed by atoms with van der Waals surface area (Å²) in [7, 11) is 0. The van der Waals surface area contributed by atoms with Crippen molar-refractivity contribution in [3.05, 3.63) is 52.5 Å². The highest BCUT2D eigenvalue weighted by atomic mass is 32.1. The zero-order chi connectivity index (χ0) is 14.2. The van der Waals surface area contributed by atoms with Gasteiger partial charge in [-0.1, -0.05) is 34.8 Å². The first-order valence-electron chi connectivity index (χ1n) is 6.00. The molecule has 0 radical (unpaired) electrons. The maximum atomic E-state index is 11.8. The van der Waals surface area contributed by atoms with Gasteiger partial charge in [0.2, 0.25) is 0 Å². The fourth-order valence-electron chi connectivity index (χ4n) is 1.59. The van der Waals surface area contributed by atoms with E-state index in [9.17, 15) is 4.79 Å². The molecule has 0 aliphatic carbocycles. The zero-order valence-corrected chi connectivity index (χ0v) is 11.4. The first kappa shape index (κ1) is 13.9. The summed E-state index contributed by atoms with van der Waals surface area (Å²) in [6.07, 6.45) is 2.16. The Bertz CT molecular complexity index is 629. The third-order valence-electron chi connectivity index (χ3n) is 2.58. The smallest absolute Gasteiger partial charge is 0.262 e. The molecule has 0 atom stereocenters. The van der Waals surface area contributed by atoms with E-state index in [1.807, 2.05) is 36.4 Å². The summed E-state index contributed by atoms with van der Waals surface area (Å²) < 4.78 is 3.68. The second-order valence-corrected chi connectivity index (χ2v) is 4.60. The van der Waals surface area contributed by atoms with Crippen LogP contribution < -0.4 is 5.32 Å². The van der Waals surface area contributed by atoms with Gasteiger partial charge in [-0.2, -0.15) is 5.26 Å². The van der Waals surface area contributed by atoms with E-state index in [1.165, 1.54) is 17.6 Å². The van der Waals surface area contributed by atoms with E-state index in [0.717, 1.165) is 12.0 Å². The molecule has 0 aliphatic rings. The van der Waals surface area contributed by atoms with Crippen LogP contribution in [-0.4, -0.2) is 22.0 Å². The second kappa shape index (κ2) is 7.16. The third-order valence-corrected chi connectivity index (χ3v) is 3.10. The summed E-state index contributed by atoms with van der Waals surface area (Å²) in [6, 6.07) is 11.7. The summed E-state index contributed by atoms with van der Waals surface area (Å²) in [6.45, 7) is 0.483. The minimum atomic E-state index is -0.392. The van der Waals surface area contributed by atoms with Crippen LogP contribution in [0.15, 0.2) is 41.3 Å². The average molecular weight is 284 g/mol. The molecule has 1 aromatic carbocycles. The number of hydrogen-bond acceptors (Lipinski definition) is 5. The normalized spacial score (nSPS) is 10.8. The van der Waals surface area contributed by atoms with E-state index in [1.54, 1.807) is 5.38 Å². The van der Waals surface area contributed by atoms with Crippen LogP contribution in [0.5, 0.6) is 0 Å². The third kappa shape index (κ3) is 4.00. The van der Waals surface area contributed by atoms with Crippen LogP contribution in [0, 0.1) is 11.3 Å². The average Bonchev–Trinajstić information content (AvgIpc) is 2.98. The Hall–Kier alpha value is -2.52. The van der Waals surface area contributed by atoms with Gasteiger partial charge in [-0.15, -0.1) is 5.10 Å². The summed E-state index contributed by atoms with van der Waals surface area (Å²) in [4.78, 5) is 11.8. The molecular formula is C14H12N4OS. The van der Waals surface area contributed by atoms with E-state index in [4.69, 9.17) is 5.26 Å². The van der Waals surface area contributed by atoms with Crippen molar-refractivity contribution in [2.45, 2.75) is 6.42 Å². The number of hydrogen-bond donors (Lipinski definition) is 1. The fourth-order valence-corrected chi connectivity index (χ4v) is 2.00. The largest absolute Gasteiger partial charge is 0.351 e. The number of nitrogens with zero attached hydrogens (tertiary/aromatic N) is 3. The number of aromatic nitrogens is 2. The molecule has 0 saturated carbocycles. The lowest BCUT2D eigenvalue weighted by Crippen LogP contribution is -2.26. The molecule has 100 valence electrons. The van der Waals surface area contributed by atoms with E-state index >= 15 is 0 Å². The molecule has 1 aromatic heterocycles. The molecule has 0 fully saturated rings. The molecular weight excluding hydrogens is 272 g/mol. The number of nitrogens with one attached hydrogen (secondary N) is 1. The number of rotatable bonds is 5. The van der Waals surface area contributed by atoms with Crippen molar-refractivity contribution in [3.63, 3.8) is 0 Å². The molecule has 1 amide bonds. The van der Waals surface area contributed by atoms with Gasteiger partial charge in [-0.05, 0) is 29.6 Å². The van der Waals surface area contributed by atoms with Crippen LogP contribution in [0.25, 0.3) is 6.08 Å². The lowest BCUT2D eigenvalue weighted by atomic mass is 10.1. The topological polar surface area (TPSA) is 78.7 Å². The predicted molar refractivity (Wildman–Crippen MR) is 76.7 cm³/mol. The van der Waals surface area contributed by atoms with Crippen molar-refractivity contribution in [1.29, 1.82) is 5.26 Å². The van der Waals surface area contributed by atoms with Crippen LogP contribution in [-0.2, 0) is 11.2 Å². The summed E-state index contributed by atoms with van der Waals surface area (Å²) in [5.41, 5.74) is 1.69. The summed E-state index contributed by atoms with van der Waals surface area (Å²) >= 11 is 1.17. The Labute approximate surface area is 120 Å². The van der Waals surface area contributed by atoms with E-state index < -0.39 is 5.91 Å². The lowest BCUT2D eigenvalue weighted by molar-refractivity contribution is -0.117. The van der Waals surface area contributed by atoms with Crippen molar-refractivity contribution in [2.75, 3.05) is 6.54 Å². The molecule has 0 unspecified atom stereocenters. The SMILES string of the molecule is N#C/C(=C\c1csnn1)C(=O)NCCc1ccccc1. The highest BCUT2D eigenvalue weighted by Crippen LogP contribution is 2.05. The molecule has 2 rings (SSSR count). The molecule has 0 bridgehead atoms. The minimum Gasteiger partial charge on any atom is -0.351 e. The number of benzene rings is 1. The van der Waals surface area contributed by atoms with Gasteiger partial charge < -0.3 is 5.32 Å². The Kier molecular flexibility index (Phi) is 4.98. The number of nitriles is 1. The van der Waals surface area contributed by atoms with Gasteiger partial charge in [-0.3, -0.25) is 4.79 Å². The Morgan fingerprint density at radius 1 is 1.40 bits per heavy atom. The molecule has 0 aliphatic heterocycles. The lowest BCUT2D eigenvalue weighted by Gasteiger charge is -2.04. The monoisotopic (exact) mass is 284 g/mol. The van der Waals surface area contributed by atoms with Gasteiger partial charge in [0.05, 0.1) is 5.69 Å². The van der Waals surface area contributed by atoms with Crippen LogP contribution in [0.3, 0.4) is 0 Å². The summed E-state index contributed by atoms with van der Waals surface area (Å²) in [5, 5.41) is 17.2.